The van der Waals surface area contributed by atoms with Gasteiger partial charge in [0.25, 0.3) is 5.69 Å². The zero-order valence-corrected chi connectivity index (χ0v) is 10.8. The van der Waals surface area contributed by atoms with Crippen molar-refractivity contribution in [3.63, 3.8) is 0 Å². The maximum absolute atomic E-state index is 13.8. The number of benzene rings is 2. The molecule has 0 radical (unpaired) electrons. The number of ether oxygens (including phenoxy) is 1. The molecule has 0 saturated carbocycles. The van der Waals surface area contributed by atoms with E-state index in [4.69, 9.17) is 4.74 Å². The average molecular weight is 276 g/mol. The molecule has 0 amide bonds. The molecule has 0 fully saturated rings. The highest BCUT2D eigenvalue weighted by atomic mass is 19.1. The number of para-hydroxylation sites is 1. The normalized spacial score (nSPS) is 10.3. The van der Waals surface area contributed by atoms with E-state index in [1.807, 2.05) is 0 Å². The lowest BCUT2D eigenvalue weighted by Gasteiger charge is -2.11. The molecule has 0 saturated heterocycles. The average Bonchev–Trinajstić information content (AvgIpc) is 2.43. The molecule has 0 unspecified atom stereocenters. The monoisotopic (exact) mass is 276 g/mol. The van der Waals surface area contributed by atoms with E-state index in [1.165, 1.54) is 24.3 Å². The van der Waals surface area contributed by atoms with Crippen molar-refractivity contribution in [2.45, 2.75) is 6.54 Å². The molecule has 0 atom stereocenters. The first kappa shape index (κ1) is 14.0. The lowest BCUT2D eigenvalue weighted by atomic mass is 10.2. The number of hydrogen-bond acceptors (Lipinski definition) is 4. The van der Waals surface area contributed by atoms with Gasteiger partial charge >= 0.3 is 0 Å². The molecule has 2 aromatic carbocycles. The fourth-order valence-corrected chi connectivity index (χ4v) is 1.78. The SMILES string of the molecule is CNCc1cccc(F)c1Oc1cccc([N+](=O)[O-])c1. The van der Waals surface area contributed by atoms with Gasteiger partial charge in [0.05, 0.1) is 11.0 Å². The van der Waals surface area contributed by atoms with Crippen molar-refractivity contribution >= 4 is 5.69 Å². The molecule has 20 heavy (non-hydrogen) atoms. The number of halogens is 1. The Hall–Kier alpha value is -2.47. The van der Waals surface area contributed by atoms with Crippen LogP contribution in [0.1, 0.15) is 5.56 Å². The molecule has 0 aromatic heterocycles. The van der Waals surface area contributed by atoms with E-state index in [9.17, 15) is 14.5 Å². The summed E-state index contributed by atoms with van der Waals surface area (Å²) in [6.07, 6.45) is 0. The van der Waals surface area contributed by atoms with Gasteiger partial charge in [0, 0.05) is 18.2 Å². The summed E-state index contributed by atoms with van der Waals surface area (Å²) in [4.78, 5) is 10.2. The number of nitro benzene ring substituents is 1. The maximum Gasteiger partial charge on any atom is 0.273 e. The van der Waals surface area contributed by atoms with Crippen LogP contribution < -0.4 is 10.1 Å². The topological polar surface area (TPSA) is 64.4 Å². The summed E-state index contributed by atoms with van der Waals surface area (Å²) in [5.41, 5.74) is 0.535. The van der Waals surface area contributed by atoms with Crippen LogP contribution in [0.3, 0.4) is 0 Å². The smallest absolute Gasteiger partial charge is 0.273 e. The van der Waals surface area contributed by atoms with Gasteiger partial charge in [-0.2, -0.15) is 0 Å². The lowest BCUT2D eigenvalue weighted by Crippen LogP contribution is -2.07. The van der Waals surface area contributed by atoms with E-state index in [1.54, 1.807) is 25.2 Å². The first-order valence-corrected chi connectivity index (χ1v) is 5.96. The van der Waals surface area contributed by atoms with E-state index >= 15 is 0 Å². The summed E-state index contributed by atoms with van der Waals surface area (Å²) in [5.74, 6) is -0.215. The van der Waals surface area contributed by atoms with Crippen molar-refractivity contribution in [1.29, 1.82) is 0 Å². The Labute approximate surface area is 115 Å². The van der Waals surface area contributed by atoms with Crippen molar-refractivity contribution in [1.82, 2.24) is 5.32 Å². The summed E-state index contributed by atoms with van der Waals surface area (Å²) in [6, 6.07) is 10.2. The van der Waals surface area contributed by atoms with Gasteiger partial charge in [-0.3, -0.25) is 10.1 Å². The van der Waals surface area contributed by atoms with Gasteiger partial charge in [-0.25, -0.2) is 4.39 Å². The van der Waals surface area contributed by atoms with Crippen LogP contribution >= 0.6 is 0 Å². The van der Waals surface area contributed by atoms with Crippen LogP contribution in [0, 0.1) is 15.9 Å². The van der Waals surface area contributed by atoms with Crippen molar-refractivity contribution in [3.05, 3.63) is 64.0 Å². The second kappa shape index (κ2) is 6.12. The van der Waals surface area contributed by atoms with Crippen molar-refractivity contribution in [2.24, 2.45) is 0 Å². The molecule has 0 aliphatic rings. The van der Waals surface area contributed by atoms with Crippen LogP contribution in [-0.4, -0.2) is 12.0 Å². The molecule has 104 valence electrons. The van der Waals surface area contributed by atoms with Crippen molar-refractivity contribution in [2.75, 3.05) is 7.05 Å². The molecule has 2 aromatic rings. The maximum atomic E-state index is 13.8. The van der Waals surface area contributed by atoms with Gasteiger partial charge in [-0.15, -0.1) is 0 Å². The number of non-ortho nitro benzene ring substituents is 1. The van der Waals surface area contributed by atoms with Gasteiger partial charge in [0.1, 0.15) is 5.75 Å². The molecule has 2 rings (SSSR count). The Balaban J connectivity index is 2.34. The van der Waals surface area contributed by atoms with E-state index in [-0.39, 0.29) is 17.2 Å². The van der Waals surface area contributed by atoms with Gasteiger partial charge in [0.2, 0.25) is 0 Å². The Kier molecular flexibility index (Phi) is 4.27. The van der Waals surface area contributed by atoms with Crippen LogP contribution in [-0.2, 0) is 6.54 Å². The summed E-state index contributed by atoms with van der Waals surface area (Å²) in [5, 5.41) is 13.6. The first-order valence-electron chi connectivity index (χ1n) is 5.96. The molecule has 5 nitrogen and oxygen atoms in total. The molecular formula is C14H13FN2O3. The molecule has 0 bridgehead atoms. The number of rotatable bonds is 5. The summed E-state index contributed by atoms with van der Waals surface area (Å²) in [7, 11) is 1.74. The van der Waals surface area contributed by atoms with Gasteiger partial charge in [-0.1, -0.05) is 18.2 Å². The predicted octanol–water partition coefficient (Wildman–Crippen LogP) is 3.25. The quantitative estimate of drug-likeness (QED) is 0.672. The molecular weight excluding hydrogens is 263 g/mol. The van der Waals surface area contributed by atoms with Crippen LogP contribution in [0.25, 0.3) is 0 Å². The molecule has 6 heteroatoms. The third-order valence-corrected chi connectivity index (χ3v) is 2.66. The van der Waals surface area contributed by atoms with Crippen molar-refractivity contribution < 1.29 is 14.1 Å². The molecule has 0 aliphatic heterocycles. The highest BCUT2D eigenvalue weighted by Crippen LogP contribution is 2.30. The predicted molar refractivity (Wildman–Crippen MR) is 72.3 cm³/mol. The highest BCUT2D eigenvalue weighted by molar-refractivity contribution is 5.43. The van der Waals surface area contributed by atoms with E-state index in [0.29, 0.717) is 12.1 Å². The van der Waals surface area contributed by atoms with Gasteiger partial charge in [-0.05, 0) is 19.2 Å². The van der Waals surface area contributed by atoms with Crippen LogP contribution in [0.4, 0.5) is 10.1 Å². The fraction of sp³-hybridized carbons (Fsp3) is 0.143. The van der Waals surface area contributed by atoms with Gasteiger partial charge in [0.15, 0.2) is 11.6 Å². The molecule has 0 aliphatic carbocycles. The standard InChI is InChI=1S/C14H13FN2O3/c1-16-9-10-4-2-7-13(15)14(10)20-12-6-3-5-11(8-12)17(18)19/h2-8,16H,9H2,1H3. The van der Waals surface area contributed by atoms with Gasteiger partial charge < -0.3 is 10.1 Å². The number of nitrogens with one attached hydrogen (secondary N) is 1. The minimum Gasteiger partial charge on any atom is -0.454 e. The summed E-state index contributed by atoms with van der Waals surface area (Å²) >= 11 is 0. The lowest BCUT2D eigenvalue weighted by molar-refractivity contribution is -0.384. The fourth-order valence-electron chi connectivity index (χ4n) is 1.78. The minimum atomic E-state index is -0.525. The molecule has 1 N–H and O–H groups in total. The Morgan fingerprint density at radius 2 is 2.05 bits per heavy atom. The highest BCUT2D eigenvalue weighted by Gasteiger charge is 2.12. The van der Waals surface area contributed by atoms with Crippen LogP contribution in [0.15, 0.2) is 42.5 Å². The third-order valence-electron chi connectivity index (χ3n) is 2.66. The Morgan fingerprint density at radius 1 is 1.30 bits per heavy atom. The third kappa shape index (κ3) is 3.10. The zero-order chi connectivity index (χ0) is 14.5. The zero-order valence-electron chi connectivity index (χ0n) is 10.8. The number of hydrogen-bond donors (Lipinski definition) is 1. The summed E-state index contributed by atoms with van der Waals surface area (Å²) < 4.78 is 19.3. The first-order chi connectivity index (χ1) is 9.61. The Morgan fingerprint density at radius 3 is 2.75 bits per heavy atom. The van der Waals surface area contributed by atoms with Crippen LogP contribution in [0.2, 0.25) is 0 Å². The largest absolute Gasteiger partial charge is 0.454 e. The Bertz CT molecular complexity index is 632. The summed E-state index contributed by atoms with van der Waals surface area (Å²) in [6.45, 7) is 0.433. The molecule has 0 heterocycles. The van der Waals surface area contributed by atoms with E-state index < -0.39 is 10.7 Å². The van der Waals surface area contributed by atoms with E-state index in [0.717, 1.165) is 0 Å². The second-order valence-electron chi connectivity index (χ2n) is 4.11. The minimum absolute atomic E-state index is 0.0716. The van der Waals surface area contributed by atoms with Crippen LogP contribution in [0.5, 0.6) is 11.5 Å². The van der Waals surface area contributed by atoms with E-state index in [2.05, 4.69) is 5.32 Å². The molecule has 0 spiro atoms. The number of nitro groups is 1. The number of nitrogens with zero attached hydrogens (tertiary/aromatic N) is 1. The second-order valence-corrected chi connectivity index (χ2v) is 4.11. The van der Waals surface area contributed by atoms with Crippen molar-refractivity contribution in [3.8, 4) is 11.5 Å².